The van der Waals surface area contributed by atoms with Crippen LogP contribution in [0.25, 0.3) is 0 Å². The van der Waals surface area contributed by atoms with E-state index in [0.717, 1.165) is 18.8 Å². The Kier molecular flexibility index (Phi) is 5.81. The number of hydrogen-bond donors (Lipinski definition) is 3. The molecule has 1 fully saturated rings. The van der Waals surface area contributed by atoms with Gasteiger partial charge in [-0.2, -0.15) is 0 Å². The zero-order chi connectivity index (χ0) is 15.9. The number of carbonyl (C=O) groups excluding carboxylic acids is 2. The van der Waals surface area contributed by atoms with Crippen LogP contribution in [0.15, 0.2) is 24.3 Å². The van der Waals surface area contributed by atoms with Crippen molar-refractivity contribution in [3.8, 4) is 0 Å². The van der Waals surface area contributed by atoms with Crippen LogP contribution < -0.4 is 16.0 Å². The highest BCUT2D eigenvalue weighted by Gasteiger charge is 2.19. The molecule has 0 aromatic heterocycles. The molecule has 3 N–H and O–H groups in total. The molecule has 0 radical (unpaired) electrons. The zero-order valence-corrected chi connectivity index (χ0v) is 13.3. The molecule has 0 heterocycles. The van der Waals surface area contributed by atoms with Gasteiger partial charge < -0.3 is 16.0 Å². The topological polar surface area (TPSA) is 70.2 Å². The van der Waals surface area contributed by atoms with E-state index in [1.54, 1.807) is 25.2 Å². The van der Waals surface area contributed by atoms with Gasteiger partial charge in [0.25, 0.3) is 5.91 Å². The second-order valence-electron chi connectivity index (χ2n) is 6.00. The van der Waals surface area contributed by atoms with Crippen LogP contribution in [0.3, 0.4) is 0 Å². The fourth-order valence-electron chi connectivity index (χ4n) is 2.83. The van der Waals surface area contributed by atoms with Crippen molar-refractivity contribution in [1.29, 1.82) is 0 Å². The average molecular weight is 303 g/mol. The van der Waals surface area contributed by atoms with E-state index in [1.807, 2.05) is 6.07 Å². The summed E-state index contributed by atoms with van der Waals surface area (Å²) in [6.45, 7) is 2.44. The van der Waals surface area contributed by atoms with Gasteiger partial charge in [-0.1, -0.05) is 19.1 Å². The molecule has 1 aromatic carbocycles. The molecule has 0 bridgehead atoms. The number of anilines is 1. The minimum absolute atomic E-state index is 0.0220. The molecule has 0 saturated heterocycles. The molecule has 0 aliphatic heterocycles. The molecular weight excluding hydrogens is 278 g/mol. The van der Waals surface area contributed by atoms with Crippen molar-refractivity contribution >= 4 is 17.5 Å². The third-order valence-corrected chi connectivity index (χ3v) is 4.22. The Morgan fingerprint density at radius 2 is 1.82 bits per heavy atom. The predicted octanol–water partition coefficient (Wildman–Crippen LogP) is 2.15. The standard InChI is InChI=1S/C17H25N3O2/c1-12-7-9-13(10-8-12)20-16(21)11-19-15-6-4-3-5-14(15)17(22)18-2/h3-6,12-13,19H,7-11H2,1-2H3,(H,18,22)(H,20,21). The second-order valence-corrected chi connectivity index (χ2v) is 6.00. The molecule has 0 atom stereocenters. The molecule has 22 heavy (non-hydrogen) atoms. The van der Waals surface area contributed by atoms with Crippen LogP contribution in [0, 0.1) is 5.92 Å². The molecule has 1 aliphatic rings. The van der Waals surface area contributed by atoms with Crippen molar-refractivity contribution in [3.63, 3.8) is 0 Å². The van der Waals surface area contributed by atoms with Gasteiger partial charge in [0.15, 0.2) is 0 Å². The Hall–Kier alpha value is -2.04. The predicted molar refractivity (Wildman–Crippen MR) is 87.9 cm³/mol. The van der Waals surface area contributed by atoms with E-state index in [2.05, 4.69) is 22.9 Å². The molecule has 5 heteroatoms. The van der Waals surface area contributed by atoms with Crippen LogP contribution in [0.4, 0.5) is 5.69 Å². The number of hydrogen-bond acceptors (Lipinski definition) is 3. The summed E-state index contributed by atoms with van der Waals surface area (Å²) in [6.07, 6.45) is 4.47. The van der Waals surface area contributed by atoms with Gasteiger partial charge in [-0.25, -0.2) is 0 Å². The Balaban J connectivity index is 1.85. The Bertz CT molecular complexity index is 522. The maximum Gasteiger partial charge on any atom is 0.253 e. The number of rotatable bonds is 5. The van der Waals surface area contributed by atoms with Crippen molar-refractivity contribution in [2.75, 3.05) is 18.9 Å². The normalized spacial score (nSPS) is 21.0. The van der Waals surface area contributed by atoms with E-state index in [4.69, 9.17) is 0 Å². The number of benzene rings is 1. The largest absolute Gasteiger partial charge is 0.376 e. The van der Waals surface area contributed by atoms with Gasteiger partial charge in [-0.05, 0) is 43.7 Å². The first-order valence-electron chi connectivity index (χ1n) is 7.94. The van der Waals surface area contributed by atoms with E-state index in [-0.39, 0.29) is 18.4 Å². The van der Waals surface area contributed by atoms with Crippen LogP contribution >= 0.6 is 0 Å². The third kappa shape index (κ3) is 4.48. The monoisotopic (exact) mass is 303 g/mol. The molecule has 2 rings (SSSR count). The number of amides is 2. The van der Waals surface area contributed by atoms with Crippen molar-refractivity contribution < 1.29 is 9.59 Å². The van der Waals surface area contributed by atoms with E-state index in [1.165, 1.54) is 12.8 Å². The van der Waals surface area contributed by atoms with Crippen molar-refractivity contribution in [2.45, 2.75) is 38.6 Å². The van der Waals surface area contributed by atoms with Crippen LogP contribution in [0.2, 0.25) is 0 Å². The maximum absolute atomic E-state index is 12.0. The van der Waals surface area contributed by atoms with Gasteiger partial charge in [0.1, 0.15) is 0 Å². The summed E-state index contributed by atoms with van der Waals surface area (Å²) in [5, 5.41) is 8.72. The fourth-order valence-corrected chi connectivity index (χ4v) is 2.83. The molecule has 1 aliphatic carbocycles. The van der Waals surface area contributed by atoms with Crippen LogP contribution in [0.5, 0.6) is 0 Å². The van der Waals surface area contributed by atoms with Gasteiger partial charge >= 0.3 is 0 Å². The Morgan fingerprint density at radius 1 is 1.14 bits per heavy atom. The van der Waals surface area contributed by atoms with E-state index in [0.29, 0.717) is 17.3 Å². The number of para-hydroxylation sites is 1. The molecule has 1 saturated carbocycles. The fraction of sp³-hybridized carbons (Fsp3) is 0.529. The first kappa shape index (κ1) is 16.3. The highest BCUT2D eigenvalue weighted by atomic mass is 16.2. The van der Waals surface area contributed by atoms with Gasteiger partial charge in [0.05, 0.1) is 12.1 Å². The van der Waals surface area contributed by atoms with Gasteiger partial charge in [0, 0.05) is 18.8 Å². The lowest BCUT2D eigenvalue weighted by Gasteiger charge is -2.27. The molecule has 1 aromatic rings. The average Bonchev–Trinajstić information content (AvgIpc) is 2.54. The quantitative estimate of drug-likeness (QED) is 0.780. The van der Waals surface area contributed by atoms with Crippen molar-refractivity contribution in [1.82, 2.24) is 10.6 Å². The lowest BCUT2D eigenvalue weighted by atomic mass is 9.87. The molecule has 120 valence electrons. The second kappa shape index (κ2) is 7.82. The van der Waals surface area contributed by atoms with Gasteiger partial charge in [0.2, 0.25) is 5.91 Å². The highest BCUT2D eigenvalue weighted by molar-refractivity contribution is 5.99. The SMILES string of the molecule is CNC(=O)c1ccccc1NCC(=O)NC1CCC(C)CC1. The van der Waals surface area contributed by atoms with E-state index in [9.17, 15) is 9.59 Å². The minimum Gasteiger partial charge on any atom is -0.376 e. The number of carbonyl (C=O) groups is 2. The summed E-state index contributed by atoms with van der Waals surface area (Å²) in [5.74, 6) is 0.585. The van der Waals surface area contributed by atoms with E-state index < -0.39 is 0 Å². The summed E-state index contributed by atoms with van der Waals surface area (Å²) >= 11 is 0. The van der Waals surface area contributed by atoms with E-state index >= 15 is 0 Å². The first-order valence-corrected chi connectivity index (χ1v) is 7.94. The number of nitrogens with one attached hydrogen (secondary N) is 3. The van der Waals surface area contributed by atoms with Gasteiger partial charge in [-0.15, -0.1) is 0 Å². The first-order chi connectivity index (χ1) is 10.6. The van der Waals surface area contributed by atoms with Crippen molar-refractivity contribution in [3.05, 3.63) is 29.8 Å². The smallest absolute Gasteiger partial charge is 0.253 e. The Labute approximate surface area is 131 Å². The summed E-state index contributed by atoms with van der Waals surface area (Å²) in [4.78, 5) is 23.8. The van der Waals surface area contributed by atoms with Crippen molar-refractivity contribution in [2.24, 2.45) is 5.92 Å². The molecular formula is C17H25N3O2. The lowest BCUT2D eigenvalue weighted by Crippen LogP contribution is -2.40. The molecule has 0 unspecified atom stereocenters. The molecule has 5 nitrogen and oxygen atoms in total. The van der Waals surface area contributed by atoms with Crippen LogP contribution in [0.1, 0.15) is 43.0 Å². The van der Waals surface area contributed by atoms with Gasteiger partial charge in [-0.3, -0.25) is 9.59 Å². The summed E-state index contributed by atoms with van der Waals surface area (Å²) in [7, 11) is 1.59. The van der Waals surface area contributed by atoms with Crippen LogP contribution in [-0.2, 0) is 4.79 Å². The summed E-state index contributed by atoms with van der Waals surface area (Å²) in [5.41, 5.74) is 1.22. The van der Waals surface area contributed by atoms with Crippen LogP contribution in [-0.4, -0.2) is 31.4 Å². The summed E-state index contributed by atoms with van der Waals surface area (Å²) in [6, 6.07) is 7.48. The Morgan fingerprint density at radius 3 is 2.50 bits per heavy atom. The third-order valence-electron chi connectivity index (χ3n) is 4.22. The highest BCUT2D eigenvalue weighted by Crippen LogP contribution is 2.23. The zero-order valence-electron chi connectivity index (χ0n) is 13.3. The maximum atomic E-state index is 12.0. The molecule has 2 amide bonds. The molecule has 0 spiro atoms. The minimum atomic E-state index is -0.162. The summed E-state index contributed by atoms with van der Waals surface area (Å²) < 4.78 is 0. The lowest BCUT2D eigenvalue weighted by molar-refractivity contribution is -0.120.